The van der Waals surface area contributed by atoms with E-state index in [0.29, 0.717) is 24.0 Å². The number of hydrogen-bond donors (Lipinski definition) is 2. The Bertz CT molecular complexity index is 608. The minimum absolute atomic E-state index is 0. The Hall–Kier alpha value is -1.43. The van der Waals surface area contributed by atoms with Crippen LogP contribution in [0.25, 0.3) is 0 Å². The number of amides is 1. The van der Waals surface area contributed by atoms with Crippen LogP contribution in [0.5, 0.6) is 0 Å². The Morgan fingerprint density at radius 3 is 2.00 bits per heavy atom. The van der Waals surface area contributed by atoms with Gasteiger partial charge < -0.3 is 27.5 Å². The summed E-state index contributed by atoms with van der Waals surface area (Å²) in [7, 11) is 5.84. The van der Waals surface area contributed by atoms with E-state index < -0.39 is 0 Å². The highest BCUT2D eigenvalue weighted by Gasteiger charge is 2.28. The van der Waals surface area contributed by atoms with Crippen LogP contribution in [0.3, 0.4) is 0 Å². The van der Waals surface area contributed by atoms with Crippen molar-refractivity contribution in [3.05, 3.63) is 30.3 Å². The van der Waals surface area contributed by atoms with Gasteiger partial charge in [0.15, 0.2) is 12.3 Å². The number of unbranched alkanes of at least 4 members (excludes halogenated alkanes) is 8. The van der Waals surface area contributed by atoms with Crippen LogP contribution in [-0.4, -0.2) is 56.4 Å². The number of para-hydroxylation sites is 1. The molecule has 0 fully saturated rings. The summed E-state index contributed by atoms with van der Waals surface area (Å²) in [6.45, 7) is 3.18. The summed E-state index contributed by atoms with van der Waals surface area (Å²) in [4.78, 5) is 25.1. The maximum Gasteiger partial charge on any atom is 0.279 e. The smallest absolute Gasteiger partial charge is 0.279 e. The predicted octanol–water partition coefficient (Wildman–Crippen LogP) is 1.78. The Morgan fingerprint density at radius 2 is 1.45 bits per heavy atom. The zero-order valence-corrected chi connectivity index (χ0v) is 20.8. The molecule has 1 aromatic carbocycles. The number of carbonyl (C=O) groups excluding carboxylic acids is 2. The van der Waals surface area contributed by atoms with Crippen molar-refractivity contribution in [2.45, 2.75) is 77.2 Å². The summed E-state index contributed by atoms with van der Waals surface area (Å²) in [5.41, 5.74) is 0.800. The van der Waals surface area contributed by atoms with E-state index in [9.17, 15) is 9.59 Å². The Morgan fingerprint density at radius 1 is 0.903 bits per heavy atom. The Balaban J connectivity index is 0.00000900. The van der Waals surface area contributed by atoms with Gasteiger partial charge in [-0.25, -0.2) is 0 Å². The monoisotopic (exact) mass is 453 g/mol. The average molecular weight is 454 g/mol. The second kappa shape index (κ2) is 17.2. The van der Waals surface area contributed by atoms with Gasteiger partial charge in [0.2, 0.25) is 0 Å². The first-order valence-electron chi connectivity index (χ1n) is 11.7. The number of halogens is 1. The van der Waals surface area contributed by atoms with E-state index >= 15 is 0 Å². The van der Waals surface area contributed by atoms with Gasteiger partial charge in [-0.15, -0.1) is 0 Å². The standard InChI is InChI=1S/C25H43N3O2.ClH/c1-5-6-7-8-9-10-11-12-16-19-24(29)23(26-2)20-28(3,4)21-25(30)27-22-17-14-13-15-18-22;/h13-15,17-18,23,26H,5-12,16,19-21H2,1-4H3;1H. The van der Waals surface area contributed by atoms with Gasteiger partial charge in [0.1, 0.15) is 12.6 Å². The molecule has 1 atom stereocenters. The molecule has 0 spiro atoms. The van der Waals surface area contributed by atoms with Crippen LogP contribution in [0.2, 0.25) is 0 Å². The fourth-order valence-corrected chi connectivity index (χ4v) is 3.81. The highest BCUT2D eigenvalue weighted by Crippen LogP contribution is 2.12. The van der Waals surface area contributed by atoms with Gasteiger partial charge in [0, 0.05) is 12.1 Å². The van der Waals surface area contributed by atoms with Crippen molar-refractivity contribution in [3.8, 4) is 0 Å². The predicted molar refractivity (Wildman–Crippen MR) is 127 cm³/mol. The third-order valence-electron chi connectivity index (χ3n) is 5.57. The van der Waals surface area contributed by atoms with Crippen LogP contribution < -0.4 is 23.0 Å². The zero-order valence-electron chi connectivity index (χ0n) is 20.1. The molecule has 0 aromatic heterocycles. The summed E-state index contributed by atoms with van der Waals surface area (Å²) >= 11 is 0. The lowest BCUT2D eigenvalue weighted by molar-refractivity contribution is -0.882. The Labute approximate surface area is 196 Å². The van der Waals surface area contributed by atoms with Crippen molar-refractivity contribution in [3.63, 3.8) is 0 Å². The number of quaternary nitrogens is 1. The van der Waals surface area contributed by atoms with Crippen molar-refractivity contribution >= 4 is 17.4 Å². The molecule has 1 aromatic rings. The topological polar surface area (TPSA) is 58.2 Å². The molecule has 0 aliphatic rings. The molecular weight excluding hydrogens is 410 g/mol. The van der Waals surface area contributed by atoms with Gasteiger partial charge >= 0.3 is 0 Å². The van der Waals surface area contributed by atoms with E-state index in [1.54, 1.807) is 0 Å². The van der Waals surface area contributed by atoms with Gasteiger partial charge in [-0.2, -0.15) is 0 Å². The lowest BCUT2D eigenvalue weighted by Crippen LogP contribution is -3.00. The summed E-state index contributed by atoms with van der Waals surface area (Å²) in [5, 5.41) is 6.09. The normalized spacial score (nSPS) is 12.1. The number of anilines is 1. The van der Waals surface area contributed by atoms with Crippen molar-refractivity contribution in [2.24, 2.45) is 0 Å². The molecule has 0 saturated carbocycles. The summed E-state index contributed by atoms with van der Waals surface area (Å²) < 4.78 is 0.466. The average Bonchev–Trinajstić information content (AvgIpc) is 2.70. The molecule has 6 heteroatoms. The second-order valence-electron chi connectivity index (χ2n) is 9.08. The second-order valence-corrected chi connectivity index (χ2v) is 9.08. The molecule has 0 saturated heterocycles. The molecular formula is C25H44ClN3O2. The summed E-state index contributed by atoms with van der Waals surface area (Å²) in [6, 6.07) is 9.27. The number of Topliss-reactive ketones (excluding diaryl/α,β-unsaturated/α-hetero) is 1. The summed E-state index contributed by atoms with van der Waals surface area (Å²) in [5.74, 6) is 0.225. The van der Waals surface area contributed by atoms with Crippen LogP contribution in [0.4, 0.5) is 5.69 Å². The maximum absolute atomic E-state index is 12.7. The van der Waals surface area contributed by atoms with Crippen LogP contribution in [0, 0.1) is 0 Å². The number of likely N-dealkylation sites (N-methyl/N-ethyl adjacent to an activating group) is 2. The minimum atomic E-state index is -0.210. The molecule has 178 valence electrons. The molecule has 0 heterocycles. The van der Waals surface area contributed by atoms with E-state index in [-0.39, 0.29) is 30.1 Å². The quantitative estimate of drug-likeness (QED) is 0.279. The first-order valence-corrected chi connectivity index (χ1v) is 11.7. The van der Waals surface area contributed by atoms with E-state index in [4.69, 9.17) is 0 Å². The highest BCUT2D eigenvalue weighted by molar-refractivity contribution is 5.91. The lowest BCUT2D eigenvalue weighted by atomic mass is 10.0. The highest BCUT2D eigenvalue weighted by atomic mass is 35.5. The first-order chi connectivity index (χ1) is 14.4. The van der Waals surface area contributed by atoms with E-state index in [2.05, 4.69) is 17.6 Å². The number of rotatable bonds is 17. The molecule has 31 heavy (non-hydrogen) atoms. The van der Waals surface area contributed by atoms with Crippen LogP contribution in [0.15, 0.2) is 30.3 Å². The number of nitrogens with one attached hydrogen (secondary N) is 2. The molecule has 1 unspecified atom stereocenters. The zero-order chi connectivity index (χ0) is 22.2. The van der Waals surface area contributed by atoms with E-state index in [1.807, 2.05) is 51.5 Å². The third kappa shape index (κ3) is 14.3. The molecule has 0 aliphatic heterocycles. The molecule has 2 N–H and O–H groups in total. The van der Waals surface area contributed by atoms with Gasteiger partial charge in [0.25, 0.3) is 5.91 Å². The van der Waals surface area contributed by atoms with Crippen LogP contribution >= 0.6 is 0 Å². The molecule has 0 bridgehead atoms. The van der Waals surface area contributed by atoms with Gasteiger partial charge in [-0.3, -0.25) is 9.59 Å². The van der Waals surface area contributed by atoms with Gasteiger partial charge in [-0.1, -0.05) is 76.5 Å². The number of nitrogens with zero attached hydrogens (tertiary/aromatic N) is 1. The minimum Gasteiger partial charge on any atom is -1.00 e. The van der Waals surface area contributed by atoms with Crippen LogP contribution in [-0.2, 0) is 9.59 Å². The van der Waals surface area contributed by atoms with Crippen molar-refractivity contribution < 1.29 is 26.5 Å². The maximum atomic E-state index is 12.7. The van der Waals surface area contributed by atoms with Crippen molar-refractivity contribution in [1.29, 1.82) is 0 Å². The number of benzene rings is 1. The van der Waals surface area contributed by atoms with Crippen molar-refractivity contribution in [1.82, 2.24) is 5.32 Å². The van der Waals surface area contributed by atoms with Gasteiger partial charge in [-0.05, 0) is 25.6 Å². The molecule has 0 aliphatic carbocycles. The Kier molecular flexibility index (Phi) is 16.4. The summed E-state index contributed by atoms with van der Waals surface area (Å²) in [6.07, 6.45) is 11.9. The van der Waals surface area contributed by atoms with Gasteiger partial charge in [0.05, 0.1) is 14.1 Å². The molecule has 1 rings (SSSR count). The van der Waals surface area contributed by atoms with Crippen LogP contribution in [0.1, 0.15) is 71.1 Å². The lowest BCUT2D eigenvalue weighted by Gasteiger charge is -2.32. The number of hydrogen-bond acceptors (Lipinski definition) is 3. The number of ketones is 1. The molecule has 0 radical (unpaired) electrons. The van der Waals surface area contributed by atoms with Crippen molar-refractivity contribution in [2.75, 3.05) is 39.5 Å². The molecule has 1 amide bonds. The first kappa shape index (κ1) is 29.6. The SMILES string of the molecule is CCCCCCCCCCCC(=O)C(C[N+](C)(C)CC(=O)Nc1ccccc1)NC.[Cl-]. The third-order valence-corrected chi connectivity index (χ3v) is 5.57. The molecule has 5 nitrogen and oxygen atoms in total. The number of carbonyl (C=O) groups is 2. The largest absolute Gasteiger partial charge is 1.00 e. The van der Waals surface area contributed by atoms with E-state index in [1.165, 1.54) is 44.9 Å². The van der Waals surface area contributed by atoms with E-state index in [0.717, 1.165) is 18.5 Å². The fourth-order valence-electron chi connectivity index (χ4n) is 3.81. The fraction of sp³-hybridized carbons (Fsp3) is 0.680.